The molecule has 0 spiro atoms. The van der Waals surface area contributed by atoms with Gasteiger partial charge in [0.05, 0.1) is 7.11 Å². The van der Waals surface area contributed by atoms with Crippen LogP contribution in [0.4, 0.5) is 5.69 Å². The highest BCUT2D eigenvalue weighted by Crippen LogP contribution is 2.15. The smallest absolute Gasteiger partial charge is 0.317 e. The Morgan fingerprint density at radius 1 is 1.00 bits per heavy atom. The second kappa shape index (κ2) is 8.63. The summed E-state index contributed by atoms with van der Waals surface area (Å²) < 4.78 is 23.4. The molecule has 1 N–H and O–H groups in total. The monoisotopic (exact) mass is 361 g/mol. The third-order valence-electron chi connectivity index (χ3n) is 2.38. The van der Waals surface area contributed by atoms with Gasteiger partial charge in [0.25, 0.3) is 5.91 Å². The summed E-state index contributed by atoms with van der Waals surface area (Å²) in [4.78, 5) is 11.8. The Hall–Kier alpha value is -1.76. The molecule has 0 unspecified atom stereocenters. The molecule has 0 aliphatic heterocycles. The zero-order valence-electron chi connectivity index (χ0n) is 11.5. The van der Waals surface area contributed by atoms with Crippen LogP contribution in [0.1, 0.15) is 10.4 Å². The van der Waals surface area contributed by atoms with Gasteiger partial charge in [0, 0.05) is 32.6 Å². The Labute approximate surface area is 137 Å². The van der Waals surface area contributed by atoms with E-state index in [1.807, 2.05) is 18.2 Å². The van der Waals surface area contributed by atoms with E-state index in [4.69, 9.17) is 13.2 Å². The molecule has 0 aromatic heterocycles. The van der Waals surface area contributed by atoms with Gasteiger partial charge < -0.3 is 10.1 Å². The number of nitrogens with one attached hydrogen (secondary N) is 1. The summed E-state index contributed by atoms with van der Waals surface area (Å²) in [6.45, 7) is 0. The van der Waals surface area contributed by atoms with Crippen molar-refractivity contribution in [2.45, 2.75) is 0 Å². The van der Waals surface area contributed by atoms with E-state index in [1.54, 1.807) is 43.5 Å². The van der Waals surface area contributed by atoms with Crippen molar-refractivity contribution in [2.75, 3.05) is 12.4 Å². The maximum atomic E-state index is 11.8. The molecule has 2 rings (SSSR count). The van der Waals surface area contributed by atoms with Crippen molar-refractivity contribution in [3.05, 3.63) is 60.2 Å². The van der Waals surface area contributed by atoms with Gasteiger partial charge in [-0.1, -0.05) is 18.2 Å². The number of hydrogen-bond donors (Lipinski definition) is 1. The predicted octanol–water partition coefficient (Wildman–Crippen LogP) is 3.66. The van der Waals surface area contributed by atoms with Crippen LogP contribution in [0, 0.1) is 0 Å². The molecule has 0 aliphatic carbocycles. The van der Waals surface area contributed by atoms with Crippen molar-refractivity contribution in [3.8, 4) is 5.75 Å². The molecular weight excluding hydrogens is 349 g/mol. The number of ether oxygens (including phenoxy) is 1. The van der Waals surface area contributed by atoms with Crippen LogP contribution in [0.25, 0.3) is 0 Å². The van der Waals surface area contributed by atoms with E-state index in [9.17, 15) is 4.79 Å². The minimum absolute atomic E-state index is 0.115. The van der Waals surface area contributed by atoms with Crippen LogP contribution in [0.2, 0.25) is 0 Å². The van der Waals surface area contributed by atoms with Gasteiger partial charge in [-0.05, 0) is 36.4 Å². The first kappa shape index (κ1) is 18.3. The molecule has 0 aliphatic rings. The molecule has 0 atom stereocenters. The number of carbonyl (C=O) groups is 1. The van der Waals surface area contributed by atoms with Gasteiger partial charge in [-0.15, -0.1) is 0 Å². The summed E-state index contributed by atoms with van der Waals surface area (Å²) >= 11 is 0. The standard InChI is InChI=1S/C14H13NO2.Cl2O2S/c1-17-13-9-7-12(8-10-13)15-14(16)11-5-3-2-4-6-11;1-5(2,3)4/h2-10H,1H3,(H,15,16);. The maximum Gasteiger partial charge on any atom is 0.317 e. The number of methoxy groups -OCH3 is 1. The van der Waals surface area contributed by atoms with Crippen molar-refractivity contribution in [3.63, 3.8) is 0 Å². The lowest BCUT2D eigenvalue weighted by Gasteiger charge is -2.06. The van der Waals surface area contributed by atoms with E-state index >= 15 is 0 Å². The van der Waals surface area contributed by atoms with Crippen molar-refractivity contribution < 1.29 is 17.9 Å². The lowest BCUT2D eigenvalue weighted by molar-refractivity contribution is 0.102. The minimum Gasteiger partial charge on any atom is -0.497 e. The first-order valence-corrected chi connectivity index (χ1v) is 9.08. The van der Waals surface area contributed by atoms with E-state index in [0.717, 1.165) is 11.4 Å². The number of carbonyl (C=O) groups excluding carboxylic acids is 1. The van der Waals surface area contributed by atoms with E-state index < -0.39 is 8.26 Å². The number of hydrogen-bond acceptors (Lipinski definition) is 4. The van der Waals surface area contributed by atoms with Crippen LogP contribution in [0.5, 0.6) is 5.75 Å². The number of amides is 1. The van der Waals surface area contributed by atoms with Crippen molar-refractivity contribution in [1.29, 1.82) is 0 Å². The summed E-state index contributed by atoms with van der Waals surface area (Å²) in [6.07, 6.45) is 0. The highest BCUT2D eigenvalue weighted by Gasteiger charge is 2.04. The highest BCUT2D eigenvalue weighted by atomic mass is 36.0. The Morgan fingerprint density at radius 2 is 1.50 bits per heavy atom. The molecule has 0 saturated heterocycles. The summed E-state index contributed by atoms with van der Waals surface area (Å²) in [7, 11) is 6.42. The third kappa shape index (κ3) is 7.87. The quantitative estimate of drug-likeness (QED) is 0.846. The van der Waals surface area contributed by atoms with Crippen molar-refractivity contribution in [2.24, 2.45) is 0 Å². The van der Waals surface area contributed by atoms with Crippen LogP contribution in [0.15, 0.2) is 54.6 Å². The first-order chi connectivity index (χ1) is 10.3. The van der Waals surface area contributed by atoms with Crippen molar-refractivity contribution in [1.82, 2.24) is 0 Å². The molecular formula is C14H13Cl2NO4S. The number of anilines is 1. The number of rotatable bonds is 3. The Bertz CT molecular complexity index is 695. The molecule has 22 heavy (non-hydrogen) atoms. The van der Waals surface area contributed by atoms with E-state index in [2.05, 4.69) is 26.7 Å². The zero-order chi connectivity index (χ0) is 16.6. The zero-order valence-corrected chi connectivity index (χ0v) is 13.8. The van der Waals surface area contributed by atoms with Crippen molar-refractivity contribution >= 4 is 41.2 Å². The average molecular weight is 362 g/mol. The van der Waals surface area contributed by atoms with Crippen LogP contribution in [0.3, 0.4) is 0 Å². The molecule has 0 radical (unpaired) electrons. The fourth-order valence-corrected chi connectivity index (χ4v) is 1.47. The second-order valence-corrected chi connectivity index (χ2v) is 7.60. The lowest BCUT2D eigenvalue weighted by Crippen LogP contribution is -2.11. The van der Waals surface area contributed by atoms with Gasteiger partial charge in [0.1, 0.15) is 5.75 Å². The minimum atomic E-state index is -3.72. The van der Waals surface area contributed by atoms with Gasteiger partial charge in [0.2, 0.25) is 0 Å². The van der Waals surface area contributed by atoms with Crippen LogP contribution in [-0.4, -0.2) is 21.4 Å². The molecule has 0 saturated carbocycles. The van der Waals surface area contributed by atoms with E-state index in [-0.39, 0.29) is 5.91 Å². The van der Waals surface area contributed by atoms with E-state index in [0.29, 0.717) is 5.56 Å². The van der Waals surface area contributed by atoms with Gasteiger partial charge in [-0.3, -0.25) is 4.79 Å². The average Bonchev–Trinajstić information content (AvgIpc) is 2.47. The van der Waals surface area contributed by atoms with E-state index in [1.165, 1.54) is 0 Å². The molecule has 0 fully saturated rings. The molecule has 1 amide bonds. The normalized spacial score (nSPS) is 10.1. The lowest BCUT2D eigenvalue weighted by atomic mass is 10.2. The SMILES string of the molecule is COc1ccc(NC(=O)c2ccccc2)cc1.O=S(=O)(Cl)Cl. The Morgan fingerprint density at radius 3 is 1.95 bits per heavy atom. The largest absolute Gasteiger partial charge is 0.497 e. The first-order valence-electron chi connectivity index (χ1n) is 5.94. The number of benzene rings is 2. The maximum absolute atomic E-state index is 11.8. The summed E-state index contributed by atoms with van der Waals surface area (Å²) in [5.41, 5.74) is 1.39. The summed E-state index contributed by atoms with van der Waals surface area (Å²) in [5.74, 6) is 0.651. The molecule has 2 aromatic rings. The van der Waals surface area contributed by atoms with Crippen LogP contribution < -0.4 is 10.1 Å². The fraction of sp³-hybridized carbons (Fsp3) is 0.0714. The molecule has 0 heterocycles. The second-order valence-electron chi connectivity index (χ2n) is 3.93. The molecule has 0 bridgehead atoms. The topological polar surface area (TPSA) is 72.5 Å². The van der Waals surface area contributed by atoms with Gasteiger partial charge in [-0.25, -0.2) is 0 Å². The molecule has 2 aromatic carbocycles. The fourth-order valence-electron chi connectivity index (χ4n) is 1.47. The Kier molecular flexibility index (Phi) is 7.17. The number of halogens is 2. The molecule has 8 heteroatoms. The highest BCUT2D eigenvalue weighted by molar-refractivity contribution is 8.31. The van der Waals surface area contributed by atoms with Gasteiger partial charge in [0.15, 0.2) is 0 Å². The van der Waals surface area contributed by atoms with Crippen LogP contribution >= 0.6 is 21.4 Å². The van der Waals surface area contributed by atoms with Crippen LogP contribution in [-0.2, 0) is 8.26 Å². The third-order valence-corrected chi connectivity index (χ3v) is 2.38. The van der Waals surface area contributed by atoms with Gasteiger partial charge >= 0.3 is 8.26 Å². The molecule has 118 valence electrons. The summed E-state index contributed by atoms with van der Waals surface area (Å²) in [5, 5.41) is 2.82. The van der Waals surface area contributed by atoms with Gasteiger partial charge in [-0.2, -0.15) is 8.42 Å². The summed E-state index contributed by atoms with van der Waals surface area (Å²) in [6, 6.07) is 16.3. The molecule has 5 nitrogen and oxygen atoms in total. The Balaban J connectivity index is 0.000000422. The predicted molar refractivity (Wildman–Crippen MR) is 88.0 cm³/mol.